The number of ether oxygens (including phenoxy) is 3. The van der Waals surface area contributed by atoms with Gasteiger partial charge in [-0.1, -0.05) is 18.2 Å². The molecular formula is C26H25NO4S. The van der Waals surface area contributed by atoms with Crippen molar-refractivity contribution in [1.29, 1.82) is 0 Å². The number of methoxy groups -OCH3 is 3. The van der Waals surface area contributed by atoms with Crippen LogP contribution in [0.15, 0.2) is 65.2 Å². The molecule has 2 atom stereocenters. The first-order chi connectivity index (χ1) is 15.6. The van der Waals surface area contributed by atoms with Crippen molar-refractivity contribution in [3.05, 3.63) is 81.2 Å². The number of hydrogen-bond donors (Lipinski definition) is 1. The smallest absolute Gasteiger partial charge is 0.162 e. The van der Waals surface area contributed by atoms with Crippen LogP contribution in [0.5, 0.6) is 17.2 Å². The molecule has 0 spiro atoms. The van der Waals surface area contributed by atoms with Crippen LogP contribution in [0, 0.1) is 0 Å². The summed E-state index contributed by atoms with van der Waals surface area (Å²) in [5.41, 5.74) is 4.86. The summed E-state index contributed by atoms with van der Waals surface area (Å²) >= 11 is 1.72. The molecule has 0 amide bonds. The van der Waals surface area contributed by atoms with Crippen LogP contribution in [-0.4, -0.2) is 27.1 Å². The Kier molecular flexibility index (Phi) is 5.39. The maximum Gasteiger partial charge on any atom is 0.162 e. The molecule has 2 heterocycles. The first-order valence-corrected chi connectivity index (χ1v) is 11.5. The lowest BCUT2D eigenvalue weighted by Crippen LogP contribution is -2.29. The van der Waals surface area contributed by atoms with E-state index in [1.54, 1.807) is 32.7 Å². The summed E-state index contributed by atoms with van der Waals surface area (Å²) in [5, 5.41) is 5.65. The van der Waals surface area contributed by atoms with E-state index >= 15 is 0 Å². The SMILES string of the molecule is COc1ccc([C@H]2C3=C(C[C@H](c4cccs4)CC3=O)Nc3cc(OC)c(OC)cc32)cc1. The second-order valence-corrected chi connectivity index (χ2v) is 9.04. The van der Waals surface area contributed by atoms with Crippen molar-refractivity contribution in [3.8, 4) is 17.2 Å². The van der Waals surface area contributed by atoms with Gasteiger partial charge in [-0.2, -0.15) is 0 Å². The summed E-state index contributed by atoms with van der Waals surface area (Å²) in [5.74, 6) is 2.31. The van der Waals surface area contributed by atoms with Gasteiger partial charge in [0.25, 0.3) is 0 Å². The number of Topliss-reactive ketones (excluding diaryl/α,β-unsaturated/α-hetero) is 1. The molecule has 0 fully saturated rings. The molecule has 0 saturated heterocycles. The third kappa shape index (κ3) is 3.45. The Morgan fingerprint density at radius 2 is 1.69 bits per heavy atom. The van der Waals surface area contributed by atoms with Crippen LogP contribution >= 0.6 is 11.3 Å². The van der Waals surface area contributed by atoms with E-state index < -0.39 is 0 Å². The molecule has 5 rings (SSSR count). The molecule has 0 radical (unpaired) electrons. The second kappa shape index (κ2) is 8.36. The first kappa shape index (κ1) is 20.6. The van der Waals surface area contributed by atoms with Crippen LogP contribution in [0.2, 0.25) is 0 Å². The standard InChI is InChI=1S/C26H25NO4S/c1-29-17-8-6-15(7-9-17)25-18-13-22(30-2)23(31-3)14-19(18)27-20-11-16(12-21(28)26(20)25)24-5-4-10-32-24/h4-10,13-14,16,25,27H,11-12H2,1-3H3/t16-,25+/m0/s1. The van der Waals surface area contributed by atoms with Crippen molar-refractivity contribution in [2.45, 2.75) is 24.7 Å². The molecule has 1 aliphatic heterocycles. The Morgan fingerprint density at radius 3 is 2.34 bits per heavy atom. The molecule has 164 valence electrons. The van der Waals surface area contributed by atoms with Gasteiger partial charge in [-0.25, -0.2) is 0 Å². The van der Waals surface area contributed by atoms with Crippen LogP contribution < -0.4 is 19.5 Å². The van der Waals surface area contributed by atoms with Gasteiger partial charge in [-0.05, 0) is 47.2 Å². The van der Waals surface area contributed by atoms with Crippen LogP contribution in [0.3, 0.4) is 0 Å². The number of hydrogen-bond acceptors (Lipinski definition) is 6. The molecule has 1 aromatic heterocycles. The van der Waals surface area contributed by atoms with Crippen molar-refractivity contribution in [3.63, 3.8) is 0 Å². The molecule has 0 unspecified atom stereocenters. The van der Waals surface area contributed by atoms with Gasteiger partial charge in [0.2, 0.25) is 0 Å². The number of allylic oxidation sites excluding steroid dienone is 2. The van der Waals surface area contributed by atoms with E-state index in [0.29, 0.717) is 17.9 Å². The summed E-state index contributed by atoms with van der Waals surface area (Å²) in [6.07, 6.45) is 1.33. The van der Waals surface area contributed by atoms with E-state index in [9.17, 15) is 4.79 Å². The molecule has 32 heavy (non-hydrogen) atoms. The van der Waals surface area contributed by atoms with E-state index in [0.717, 1.165) is 40.3 Å². The molecule has 6 heteroatoms. The van der Waals surface area contributed by atoms with Crippen molar-refractivity contribution in [1.82, 2.24) is 0 Å². The molecule has 5 nitrogen and oxygen atoms in total. The third-order valence-electron chi connectivity index (χ3n) is 6.34. The Balaban J connectivity index is 1.66. The average molecular weight is 448 g/mol. The lowest BCUT2D eigenvalue weighted by molar-refractivity contribution is -0.116. The first-order valence-electron chi connectivity index (χ1n) is 10.6. The highest BCUT2D eigenvalue weighted by molar-refractivity contribution is 7.10. The molecule has 1 aliphatic carbocycles. The minimum absolute atomic E-state index is 0.177. The number of rotatable bonds is 5. The van der Waals surface area contributed by atoms with Gasteiger partial charge in [0.15, 0.2) is 17.3 Å². The second-order valence-electron chi connectivity index (χ2n) is 8.06. The Labute approximate surface area is 191 Å². The average Bonchev–Trinajstić information content (AvgIpc) is 3.37. The quantitative estimate of drug-likeness (QED) is 0.541. The zero-order valence-corrected chi connectivity index (χ0v) is 19.1. The fourth-order valence-corrected chi connectivity index (χ4v) is 5.64. The minimum atomic E-state index is -0.177. The van der Waals surface area contributed by atoms with Gasteiger partial charge in [0.05, 0.1) is 21.3 Å². The summed E-state index contributed by atoms with van der Waals surface area (Å²) in [7, 11) is 4.92. The topological polar surface area (TPSA) is 56.8 Å². The fourth-order valence-electron chi connectivity index (χ4n) is 4.81. The Hall–Kier alpha value is -3.25. The fraction of sp³-hybridized carbons (Fsp3) is 0.269. The highest BCUT2D eigenvalue weighted by Gasteiger charge is 2.39. The van der Waals surface area contributed by atoms with Gasteiger partial charge < -0.3 is 19.5 Å². The number of anilines is 1. The minimum Gasteiger partial charge on any atom is -0.497 e. The number of carbonyl (C=O) groups is 1. The molecule has 2 aliphatic rings. The maximum absolute atomic E-state index is 13.6. The van der Waals surface area contributed by atoms with Crippen molar-refractivity contribution >= 4 is 22.8 Å². The van der Waals surface area contributed by atoms with E-state index in [1.165, 1.54) is 4.88 Å². The van der Waals surface area contributed by atoms with Gasteiger partial charge in [-0.15, -0.1) is 11.3 Å². The highest BCUT2D eigenvalue weighted by Crippen LogP contribution is 2.50. The van der Waals surface area contributed by atoms with E-state index in [-0.39, 0.29) is 17.6 Å². The zero-order chi connectivity index (χ0) is 22.2. The van der Waals surface area contributed by atoms with Crippen LogP contribution in [0.1, 0.15) is 40.7 Å². The van der Waals surface area contributed by atoms with E-state index in [2.05, 4.69) is 22.8 Å². The van der Waals surface area contributed by atoms with Gasteiger partial charge in [0.1, 0.15) is 5.75 Å². The summed E-state index contributed by atoms with van der Waals surface area (Å²) in [6.45, 7) is 0. The number of thiophene rings is 1. The summed E-state index contributed by atoms with van der Waals surface area (Å²) in [4.78, 5) is 14.8. The monoisotopic (exact) mass is 447 g/mol. The highest BCUT2D eigenvalue weighted by atomic mass is 32.1. The van der Waals surface area contributed by atoms with Gasteiger partial charge in [0, 0.05) is 46.2 Å². The Bertz CT molecular complexity index is 1180. The van der Waals surface area contributed by atoms with Crippen molar-refractivity contribution in [2.75, 3.05) is 26.6 Å². The lowest BCUT2D eigenvalue weighted by Gasteiger charge is -2.36. The summed E-state index contributed by atoms with van der Waals surface area (Å²) in [6, 6.07) is 16.1. The molecule has 0 saturated carbocycles. The van der Waals surface area contributed by atoms with Crippen LogP contribution in [-0.2, 0) is 4.79 Å². The number of nitrogens with one attached hydrogen (secondary N) is 1. The molecule has 3 aromatic rings. The molecule has 2 aromatic carbocycles. The van der Waals surface area contributed by atoms with Crippen molar-refractivity contribution < 1.29 is 19.0 Å². The van der Waals surface area contributed by atoms with Crippen molar-refractivity contribution in [2.24, 2.45) is 0 Å². The summed E-state index contributed by atoms with van der Waals surface area (Å²) < 4.78 is 16.5. The number of carbonyl (C=O) groups excluding carboxylic acids is 1. The number of fused-ring (bicyclic) bond motifs is 1. The molecular weight excluding hydrogens is 422 g/mol. The predicted molar refractivity (Wildman–Crippen MR) is 126 cm³/mol. The lowest BCUT2D eigenvalue weighted by atomic mass is 9.73. The van der Waals surface area contributed by atoms with Crippen LogP contribution in [0.4, 0.5) is 5.69 Å². The van der Waals surface area contributed by atoms with E-state index in [1.807, 2.05) is 36.4 Å². The Morgan fingerprint density at radius 1 is 0.938 bits per heavy atom. The number of ketones is 1. The maximum atomic E-state index is 13.6. The van der Waals surface area contributed by atoms with Gasteiger partial charge >= 0.3 is 0 Å². The van der Waals surface area contributed by atoms with E-state index in [4.69, 9.17) is 14.2 Å². The normalized spacial score (nSPS) is 19.7. The predicted octanol–water partition coefficient (Wildman–Crippen LogP) is 5.73. The molecule has 1 N–H and O–H groups in total. The molecule has 0 bridgehead atoms. The largest absolute Gasteiger partial charge is 0.497 e. The third-order valence-corrected chi connectivity index (χ3v) is 7.38. The van der Waals surface area contributed by atoms with Crippen LogP contribution in [0.25, 0.3) is 0 Å². The number of benzene rings is 2. The van der Waals surface area contributed by atoms with Gasteiger partial charge in [-0.3, -0.25) is 4.79 Å². The zero-order valence-electron chi connectivity index (χ0n) is 18.3.